The number of hydrogen-bond donors (Lipinski definition) is 1. The molecule has 21 heavy (non-hydrogen) atoms. The predicted molar refractivity (Wildman–Crippen MR) is 89.2 cm³/mol. The number of aromatic nitrogens is 3. The third kappa shape index (κ3) is 9.62. The summed E-state index contributed by atoms with van der Waals surface area (Å²) in [5, 5.41) is 7.93. The summed E-state index contributed by atoms with van der Waals surface area (Å²) in [5.41, 5.74) is 0.114. The number of aryl methyl sites for hydroxylation is 1. The van der Waals surface area contributed by atoms with Crippen LogP contribution in [-0.2, 0) is 13.1 Å². The van der Waals surface area contributed by atoms with Crippen LogP contribution in [0.15, 0.2) is 6.33 Å². The van der Waals surface area contributed by atoms with E-state index in [4.69, 9.17) is 0 Å². The first-order valence-corrected chi connectivity index (χ1v) is 8.64. The molecule has 1 aromatic rings. The topological polar surface area (TPSA) is 42.7 Å². The Balaban J connectivity index is 2.06. The Labute approximate surface area is 130 Å². The lowest BCUT2D eigenvalue weighted by Crippen LogP contribution is -2.35. The van der Waals surface area contributed by atoms with E-state index in [1.165, 1.54) is 51.4 Å². The SMILES string of the molecule is CCCCCCCCCCn1cnc(CNC(C)(C)C)n1. The summed E-state index contributed by atoms with van der Waals surface area (Å²) in [7, 11) is 0. The van der Waals surface area contributed by atoms with Crippen LogP contribution in [0.5, 0.6) is 0 Å². The molecule has 0 atom stereocenters. The van der Waals surface area contributed by atoms with Crippen molar-refractivity contribution in [2.75, 3.05) is 0 Å². The standard InChI is InChI=1S/C17H34N4/c1-5-6-7-8-9-10-11-12-13-21-15-18-16(20-21)14-19-17(2,3)4/h15,19H,5-14H2,1-4H3. The Hall–Kier alpha value is -0.900. The zero-order valence-electron chi connectivity index (χ0n) is 14.5. The average molecular weight is 294 g/mol. The normalized spacial score (nSPS) is 12.0. The monoisotopic (exact) mass is 294 g/mol. The van der Waals surface area contributed by atoms with Gasteiger partial charge in [-0.25, -0.2) is 4.98 Å². The second kappa shape index (κ2) is 9.93. The van der Waals surface area contributed by atoms with Crippen molar-refractivity contribution in [3.63, 3.8) is 0 Å². The number of nitrogens with one attached hydrogen (secondary N) is 1. The summed E-state index contributed by atoms with van der Waals surface area (Å²) in [4.78, 5) is 4.36. The minimum Gasteiger partial charge on any atom is -0.305 e. The molecule has 0 unspecified atom stereocenters. The van der Waals surface area contributed by atoms with Gasteiger partial charge in [0.15, 0.2) is 5.82 Å². The van der Waals surface area contributed by atoms with Crippen LogP contribution in [0.1, 0.15) is 84.9 Å². The van der Waals surface area contributed by atoms with Gasteiger partial charge in [-0.15, -0.1) is 0 Å². The van der Waals surface area contributed by atoms with E-state index in [1.807, 2.05) is 11.0 Å². The van der Waals surface area contributed by atoms with Gasteiger partial charge in [0, 0.05) is 12.1 Å². The van der Waals surface area contributed by atoms with Crippen LogP contribution in [-0.4, -0.2) is 20.3 Å². The maximum absolute atomic E-state index is 4.51. The van der Waals surface area contributed by atoms with Gasteiger partial charge in [0.25, 0.3) is 0 Å². The Kier molecular flexibility index (Phi) is 8.58. The molecule has 0 aromatic carbocycles. The molecule has 1 N–H and O–H groups in total. The van der Waals surface area contributed by atoms with Gasteiger partial charge in [-0.1, -0.05) is 51.9 Å². The van der Waals surface area contributed by atoms with Crippen molar-refractivity contribution in [2.45, 2.75) is 97.7 Å². The summed E-state index contributed by atoms with van der Waals surface area (Å²) in [6.07, 6.45) is 12.7. The van der Waals surface area contributed by atoms with E-state index in [-0.39, 0.29) is 5.54 Å². The molecule has 4 heteroatoms. The summed E-state index contributed by atoms with van der Waals surface area (Å²) in [6.45, 7) is 10.5. The van der Waals surface area contributed by atoms with Gasteiger partial charge in [0.1, 0.15) is 6.33 Å². The van der Waals surface area contributed by atoms with Gasteiger partial charge in [-0.3, -0.25) is 4.68 Å². The summed E-state index contributed by atoms with van der Waals surface area (Å²) >= 11 is 0. The average Bonchev–Trinajstić information content (AvgIpc) is 2.87. The van der Waals surface area contributed by atoms with Crippen molar-refractivity contribution in [1.82, 2.24) is 20.1 Å². The van der Waals surface area contributed by atoms with E-state index in [0.29, 0.717) is 0 Å². The molecule has 0 saturated heterocycles. The van der Waals surface area contributed by atoms with Gasteiger partial charge >= 0.3 is 0 Å². The van der Waals surface area contributed by atoms with Gasteiger partial charge in [-0.05, 0) is 27.2 Å². The van der Waals surface area contributed by atoms with E-state index in [0.717, 1.165) is 18.9 Å². The fraction of sp³-hybridized carbons (Fsp3) is 0.882. The second-order valence-corrected chi connectivity index (χ2v) is 7.00. The molecule has 0 radical (unpaired) electrons. The highest BCUT2D eigenvalue weighted by molar-refractivity contribution is 4.83. The Morgan fingerprint density at radius 3 is 2.24 bits per heavy atom. The molecule has 1 rings (SSSR count). The molecule has 1 heterocycles. The zero-order valence-corrected chi connectivity index (χ0v) is 14.5. The minimum absolute atomic E-state index is 0.114. The van der Waals surface area contributed by atoms with E-state index >= 15 is 0 Å². The number of rotatable bonds is 11. The van der Waals surface area contributed by atoms with E-state index < -0.39 is 0 Å². The van der Waals surface area contributed by atoms with Crippen molar-refractivity contribution < 1.29 is 0 Å². The molecule has 0 saturated carbocycles. The van der Waals surface area contributed by atoms with Gasteiger partial charge in [-0.2, -0.15) is 5.10 Å². The summed E-state index contributed by atoms with van der Waals surface area (Å²) in [6, 6.07) is 0. The fourth-order valence-electron chi connectivity index (χ4n) is 2.27. The Morgan fingerprint density at radius 2 is 1.62 bits per heavy atom. The molecule has 0 aliphatic heterocycles. The zero-order chi connectivity index (χ0) is 15.6. The molecule has 0 aliphatic carbocycles. The highest BCUT2D eigenvalue weighted by Gasteiger charge is 2.10. The molecular formula is C17H34N4. The Bertz CT molecular complexity index is 365. The van der Waals surface area contributed by atoms with Crippen LogP contribution in [0.4, 0.5) is 0 Å². The molecule has 0 bridgehead atoms. The number of hydrogen-bond acceptors (Lipinski definition) is 3. The lowest BCUT2D eigenvalue weighted by Gasteiger charge is -2.19. The maximum Gasteiger partial charge on any atom is 0.164 e. The Morgan fingerprint density at radius 1 is 1.00 bits per heavy atom. The van der Waals surface area contributed by atoms with Crippen LogP contribution in [0.2, 0.25) is 0 Å². The quantitative estimate of drug-likeness (QED) is 0.618. The largest absolute Gasteiger partial charge is 0.305 e. The van der Waals surface area contributed by atoms with Crippen molar-refractivity contribution >= 4 is 0 Å². The second-order valence-electron chi connectivity index (χ2n) is 7.00. The molecule has 4 nitrogen and oxygen atoms in total. The van der Waals surface area contributed by atoms with Crippen molar-refractivity contribution in [1.29, 1.82) is 0 Å². The molecule has 0 fully saturated rings. The summed E-state index contributed by atoms with van der Waals surface area (Å²) in [5.74, 6) is 0.893. The summed E-state index contributed by atoms with van der Waals surface area (Å²) < 4.78 is 1.98. The van der Waals surface area contributed by atoms with E-state index in [1.54, 1.807) is 0 Å². The minimum atomic E-state index is 0.114. The lowest BCUT2D eigenvalue weighted by molar-refractivity contribution is 0.416. The van der Waals surface area contributed by atoms with Crippen LogP contribution < -0.4 is 5.32 Å². The van der Waals surface area contributed by atoms with Crippen LogP contribution in [0.25, 0.3) is 0 Å². The number of nitrogens with zero attached hydrogens (tertiary/aromatic N) is 3. The van der Waals surface area contributed by atoms with E-state index in [9.17, 15) is 0 Å². The van der Waals surface area contributed by atoms with Crippen molar-refractivity contribution in [3.05, 3.63) is 12.2 Å². The third-order valence-electron chi connectivity index (χ3n) is 3.60. The van der Waals surface area contributed by atoms with Crippen LogP contribution in [0.3, 0.4) is 0 Å². The molecule has 122 valence electrons. The maximum atomic E-state index is 4.51. The predicted octanol–water partition coefficient (Wildman–Crippen LogP) is 4.31. The molecule has 0 spiro atoms. The molecular weight excluding hydrogens is 260 g/mol. The van der Waals surface area contributed by atoms with Crippen LogP contribution in [0, 0.1) is 0 Å². The highest BCUT2D eigenvalue weighted by atomic mass is 15.3. The lowest BCUT2D eigenvalue weighted by atomic mass is 10.1. The first-order chi connectivity index (χ1) is 10.0. The highest BCUT2D eigenvalue weighted by Crippen LogP contribution is 2.09. The first kappa shape index (κ1) is 18.1. The van der Waals surface area contributed by atoms with Gasteiger partial charge in [0.2, 0.25) is 0 Å². The number of unbranched alkanes of at least 4 members (excludes halogenated alkanes) is 7. The van der Waals surface area contributed by atoms with Crippen LogP contribution >= 0.6 is 0 Å². The molecule has 0 amide bonds. The van der Waals surface area contributed by atoms with Gasteiger partial charge < -0.3 is 5.32 Å². The van der Waals surface area contributed by atoms with E-state index in [2.05, 4.69) is 43.1 Å². The third-order valence-corrected chi connectivity index (χ3v) is 3.60. The van der Waals surface area contributed by atoms with Gasteiger partial charge in [0.05, 0.1) is 6.54 Å². The first-order valence-electron chi connectivity index (χ1n) is 8.64. The molecule has 1 aromatic heterocycles. The molecule has 0 aliphatic rings. The van der Waals surface area contributed by atoms with Crippen molar-refractivity contribution in [3.8, 4) is 0 Å². The smallest absolute Gasteiger partial charge is 0.164 e. The fourth-order valence-corrected chi connectivity index (χ4v) is 2.27. The van der Waals surface area contributed by atoms with Crippen molar-refractivity contribution in [2.24, 2.45) is 0 Å².